The molecule has 2 heterocycles. The molecule has 0 fully saturated rings. The zero-order valence-electron chi connectivity index (χ0n) is 14.9. The molecule has 0 radical (unpaired) electrons. The summed E-state index contributed by atoms with van der Waals surface area (Å²) in [5.74, 6) is -1.72. The van der Waals surface area contributed by atoms with E-state index in [1.165, 1.54) is 26.2 Å². The summed E-state index contributed by atoms with van der Waals surface area (Å²) in [6.07, 6.45) is 0. The summed E-state index contributed by atoms with van der Waals surface area (Å²) >= 11 is 0. The van der Waals surface area contributed by atoms with Gasteiger partial charge in [0.2, 0.25) is 0 Å². The number of hydrogen-bond donors (Lipinski definition) is 2. The highest BCUT2D eigenvalue weighted by Gasteiger charge is 2.17. The second kappa shape index (κ2) is 7.31. The summed E-state index contributed by atoms with van der Waals surface area (Å²) in [5, 5.41) is 8.74. The smallest absolute Gasteiger partial charge is 0.359 e. The van der Waals surface area contributed by atoms with Gasteiger partial charge in [-0.05, 0) is 6.07 Å². The molecule has 28 heavy (non-hydrogen) atoms. The minimum Gasteiger partial charge on any atom is -0.451 e. The van der Waals surface area contributed by atoms with E-state index in [1.54, 1.807) is 12.1 Å². The number of nitrogens with zero attached hydrogens (tertiary/aromatic N) is 3. The molecule has 0 bridgehead atoms. The van der Waals surface area contributed by atoms with Crippen molar-refractivity contribution in [3.05, 3.63) is 67.2 Å². The van der Waals surface area contributed by atoms with Crippen molar-refractivity contribution in [1.29, 1.82) is 0 Å². The minimum absolute atomic E-state index is 0.0400. The van der Waals surface area contributed by atoms with E-state index in [4.69, 9.17) is 4.74 Å². The number of aromatic amines is 1. The van der Waals surface area contributed by atoms with Crippen molar-refractivity contribution in [2.45, 2.75) is 0 Å². The van der Waals surface area contributed by atoms with Gasteiger partial charge in [-0.25, -0.2) is 14.7 Å². The first-order valence-corrected chi connectivity index (χ1v) is 8.01. The van der Waals surface area contributed by atoms with E-state index in [0.29, 0.717) is 0 Å². The molecule has 11 heteroatoms. The van der Waals surface area contributed by atoms with Gasteiger partial charge in [-0.15, -0.1) is 0 Å². The predicted octanol–water partition coefficient (Wildman–Crippen LogP) is -0.884. The Hall–Kier alpha value is -4.02. The zero-order chi connectivity index (χ0) is 20.4. The molecule has 1 amide bonds. The van der Waals surface area contributed by atoms with Crippen LogP contribution in [0.2, 0.25) is 0 Å². The van der Waals surface area contributed by atoms with Gasteiger partial charge in [-0.1, -0.05) is 18.2 Å². The zero-order valence-corrected chi connectivity index (χ0v) is 14.9. The number of carbonyl (C=O) groups excluding carboxylic acids is 2. The van der Waals surface area contributed by atoms with Crippen molar-refractivity contribution in [3.8, 4) is 0 Å². The van der Waals surface area contributed by atoms with Crippen LogP contribution in [0.4, 0.5) is 5.82 Å². The van der Waals surface area contributed by atoms with Crippen molar-refractivity contribution < 1.29 is 14.3 Å². The summed E-state index contributed by atoms with van der Waals surface area (Å²) in [6.45, 7) is -0.683. The molecular weight excluding hydrogens is 370 g/mol. The normalized spacial score (nSPS) is 10.6. The lowest BCUT2D eigenvalue weighted by Gasteiger charge is -2.11. The van der Waals surface area contributed by atoms with Gasteiger partial charge in [0.05, 0.1) is 5.39 Å². The summed E-state index contributed by atoms with van der Waals surface area (Å²) in [6, 6.07) is 7.38. The van der Waals surface area contributed by atoms with Crippen LogP contribution in [-0.4, -0.2) is 37.8 Å². The van der Waals surface area contributed by atoms with Crippen LogP contribution < -0.4 is 22.1 Å². The molecule has 0 saturated heterocycles. The van der Waals surface area contributed by atoms with Gasteiger partial charge in [0.1, 0.15) is 5.82 Å². The number of fused-ring (bicyclic) bond motifs is 1. The van der Waals surface area contributed by atoms with Crippen molar-refractivity contribution in [3.63, 3.8) is 0 Å². The van der Waals surface area contributed by atoms with Crippen LogP contribution >= 0.6 is 0 Å². The molecule has 0 aliphatic carbocycles. The molecule has 144 valence electrons. The fourth-order valence-electron chi connectivity index (χ4n) is 2.50. The topological polar surface area (TPSA) is 145 Å². The summed E-state index contributed by atoms with van der Waals surface area (Å²) < 4.78 is 6.87. The molecule has 0 aliphatic rings. The van der Waals surface area contributed by atoms with Crippen LogP contribution in [-0.2, 0) is 23.6 Å². The number of benzene rings is 1. The van der Waals surface area contributed by atoms with Crippen molar-refractivity contribution in [2.24, 2.45) is 14.1 Å². The fraction of sp³-hybridized carbons (Fsp3) is 0.176. The van der Waals surface area contributed by atoms with Gasteiger partial charge < -0.3 is 10.1 Å². The Morgan fingerprint density at radius 3 is 2.50 bits per heavy atom. The van der Waals surface area contributed by atoms with Crippen LogP contribution in [0.1, 0.15) is 10.5 Å². The van der Waals surface area contributed by atoms with E-state index in [-0.39, 0.29) is 22.3 Å². The Bertz CT molecular complexity index is 1270. The maximum atomic E-state index is 12.3. The monoisotopic (exact) mass is 385 g/mol. The molecule has 0 unspecified atom stereocenters. The number of H-pyrrole nitrogens is 1. The average molecular weight is 385 g/mol. The Balaban J connectivity index is 1.75. The Morgan fingerprint density at radius 1 is 1.11 bits per heavy atom. The largest absolute Gasteiger partial charge is 0.451 e. The van der Waals surface area contributed by atoms with Crippen molar-refractivity contribution >= 4 is 28.5 Å². The molecule has 0 atom stereocenters. The van der Waals surface area contributed by atoms with Crippen LogP contribution in [0.25, 0.3) is 10.8 Å². The quantitative estimate of drug-likeness (QED) is 0.555. The maximum Gasteiger partial charge on any atom is 0.359 e. The first-order valence-electron chi connectivity index (χ1n) is 8.01. The molecule has 3 rings (SSSR count). The molecule has 3 aromatic rings. The molecule has 2 aromatic heterocycles. The fourth-order valence-corrected chi connectivity index (χ4v) is 2.50. The minimum atomic E-state index is -0.916. The third-order valence-corrected chi connectivity index (χ3v) is 4.02. The number of anilines is 1. The van der Waals surface area contributed by atoms with E-state index in [2.05, 4.69) is 15.5 Å². The number of nitrogens with one attached hydrogen (secondary N) is 2. The van der Waals surface area contributed by atoms with Crippen LogP contribution in [0, 0.1) is 0 Å². The van der Waals surface area contributed by atoms with E-state index in [9.17, 15) is 24.0 Å². The van der Waals surface area contributed by atoms with Crippen LogP contribution in [0.3, 0.4) is 0 Å². The number of ether oxygens (including phenoxy) is 1. The first-order chi connectivity index (χ1) is 13.3. The van der Waals surface area contributed by atoms with Crippen molar-refractivity contribution in [2.75, 3.05) is 11.9 Å². The standard InChI is InChI=1S/C17H15N5O6/c1-21-11(7-13(24)22(2)17(21)27)18-12(23)8-28-16(26)14-9-5-3-4-6-10(9)15(25)20-19-14/h3-7H,8H2,1-2H3,(H,18,23)(H,20,25). The highest BCUT2D eigenvalue weighted by Crippen LogP contribution is 2.13. The number of amides is 1. The lowest BCUT2D eigenvalue weighted by molar-refractivity contribution is -0.119. The summed E-state index contributed by atoms with van der Waals surface area (Å²) in [4.78, 5) is 59.6. The first kappa shape index (κ1) is 18.8. The molecule has 0 aliphatic heterocycles. The number of esters is 1. The van der Waals surface area contributed by atoms with Gasteiger partial charge in [0.25, 0.3) is 17.0 Å². The van der Waals surface area contributed by atoms with Gasteiger partial charge in [0.15, 0.2) is 12.3 Å². The second-order valence-electron chi connectivity index (χ2n) is 5.84. The lowest BCUT2D eigenvalue weighted by Crippen LogP contribution is -2.38. The highest BCUT2D eigenvalue weighted by molar-refractivity contribution is 6.03. The number of hydrogen-bond acceptors (Lipinski definition) is 7. The predicted molar refractivity (Wildman–Crippen MR) is 98.2 cm³/mol. The highest BCUT2D eigenvalue weighted by atomic mass is 16.5. The van der Waals surface area contributed by atoms with E-state index < -0.39 is 35.3 Å². The van der Waals surface area contributed by atoms with Gasteiger partial charge in [0, 0.05) is 25.5 Å². The lowest BCUT2D eigenvalue weighted by atomic mass is 10.1. The van der Waals surface area contributed by atoms with Crippen molar-refractivity contribution in [1.82, 2.24) is 19.3 Å². The number of aromatic nitrogens is 4. The van der Waals surface area contributed by atoms with Gasteiger partial charge in [-0.2, -0.15) is 5.10 Å². The van der Waals surface area contributed by atoms with E-state index in [1.807, 2.05) is 0 Å². The molecule has 0 spiro atoms. The SMILES string of the molecule is Cn1c(NC(=O)COC(=O)c2n[nH]c(=O)c3ccccc23)cc(=O)n(C)c1=O. The third-order valence-electron chi connectivity index (χ3n) is 4.02. The van der Waals surface area contributed by atoms with E-state index >= 15 is 0 Å². The summed E-state index contributed by atoms with van der Waals surface area (Å²) in [7, 11) is 2.68. The number of rotatable bonds is 4. The molecular formula is C17H15N5O6. The Morgan fingerprint density at radius 2 is 1.79 bits per heavy atom. The number of carbonyl (C=O) groups is 2. The summed E-state index contributed by atoms with van der Waals surface area (Å²) in [5.41, 5.74) is -1.83. The van der Waals surface area contributed by atoms with Crippen LogP contribution in [0.5, 0.6) is 0 Å². The third kappa shape index (κ3) is 3.45. The Kier molecular flexibility index (Phi) is 4.90. The molecule has 11 nitrogen and oxygen atoms in total. The van der Waals surface area contributed by atoms with Gasteiger partial charge in [-0.3, -0.25) is 23.5 Å². The van der Waals surface area contributed by atoms with Gasteiger partial charge >= 0.3 is 11.7 Å². The average Bonchev–Trinajstić information content (AvgIpc) is 2.69. The molecule has 0 saturated carbocycles. The Labute approximate surface area is 156 Å². The molecule has 2 N–H and O–H groups in total. The maximum absolute atomic E-state index is 12.3. The van der Waals surface area contributed by atoms with Crippen LogP contribution in [0.15, 0.2) is 44.7 Å². The molecule has 1 aromatic carbocycles. The van der Waals surface area contributed by atoms with E-state index in [0.717, 1.165) is 15.2 Å². The second-order valence-corrected chi connectivity index (χ2v) is 5.84.